The number of ether oxygens (including phenoxy) is 2. The maximum atomic E-state index is 13.1. The van der Waals surface area contributed by atoms with Crippen LogP contribution in [0.4, 0.5) is 4.39 Å². The summed E-state index contributed by atoms with van der Waals surface area (Å²) in [6.07, 6.45) is 3.42. The maximum Gasteiger partial charge on any atom is 0.226 e. The number of nitrogens with zero attached hydrogens (tertiary/aromatic N) is 3. The van der Waals surface area contributed by atoms with Gasteiger partial charge < -0.3 is 24.1 Å². The van der Waals surface area contributed by atoms with Gasteiger partial charge >= 0.3 is 0 Å². The number of benzene rings is 1. The molecule has 0 bridgehead atoms. The number of aromatic nitrogens is 1. The fourth-order valence-corrected chi connectivity index (χ4v) is 3.40. The highest BCUT2D eigenvalue weighted by Gasteiger charge is 2.24. The molecule has 0 saturated carbocycles. The number of oxazole rings is 1. The van der Waals surface area contributed by atoms with Crippen molar-refractivity contribution in [1.29, 1.82) is 0 Å². The second-order valence-electron chi connectivity index (χ2n) is 7.30. The molecule has 0 amide bonds. The van der Waals surface area contributed by atoms with Crippen LogP contribution in [0.5, 0.6) is 0 Å². The van der Waals surface area contributed by atoms with Crippen LogP contribution in [0.1, 0.15) is 19.0 Å². The van der Waals surface area contributed by atoms with Crippen molar-refractivity contribution in [2.45, 2.75) is 19.8 Å². The number of guanidine groups is 1. The molecule has 1 N–H and O–H groups in total. The highest BCUT2D eigenvalue weighted by atomic mass is 127. The Balaban J connectivity index is 0.00000341. The summed E-state index contributed by atoms with van der Waals surface area (Å²) in [5, 5.41) is 3.38. The summed E-state index contributed by atoms with van der Waals surface area (Å²) in [7, 11) is 1.68. The molecular formula is C22H32FIN4O3. The van der Waals surface area contributed by atoms with E-state index in [2.05, 4.69) is 22.1 Å². The Bertz CT molecular complexity index is 800. The number of aliphatic imine (C=N–C) groups is 1. The molecule has 1 atom stereocenters. The molecule has 2 heterocycles. The molecule has 1 aliphatic heterocycles. The Labute approximate surface area is 200 Å². The van der Waals surface area contributed by atoms with Crippen molar-refractivity contribution in [1.82, 2.24) is 15.2 Å². The number of methoxy groups -OCH3 is 1. The summed E-state index contributed by atoms with van der Waals surface area (Å²) >= 11 is 0. The van der Waals surface area contributed by atoms with Crippen LogP contribution in [0.25, 0.3) is 11.5 Å². The number of rotatable bonds is 10. The molecule has 1 aromatic heterocycles. The van der Waals surface area contributed by atoms with Gasteiger partial charge in [-0.1, -0.05) is 0 Å². The second-order valence-corrected chi connectivity index (χ2v) is 7.30. The first-order valence-corrected chi connectivity index (χ1v) is 10.5. The largest absolute Gasteiger partial charge is 0.444 e. The van der Waals surface area contributed by atoms with Crippen LogP contribution in [0.2, 0.25) is 0 Å². The van der Waals surface area contributed by atoms with E-state index in [9.17, 15) is 4.39 Å². The zero-order valence-electron chi connectivity index (χ0n) is 18.2. The number of halogens is 2. The van der Waals surface area contributed by atoms with Gasteiger partial charge in [0.1, 0.15) is 12.1 Å². The van der Waals surface area contributed by atoms with E-state index in [1.54, 1.807) is 25.5 Å². The van der Waals surface area contributed by atoms with Crippen LogP contribution in [-0.2, 0) is 15.9 Å². The molecule has 1 fully saturated rings. The minimum absolute atomic E-state index is 0. The van der Waals surface area contributed by atoms with Crippen LogP contribution in [-0.4, -0.2) is 69.0 Å². The molecular weight excluding hydrogens is 514 g/mol. The normalized spacial score (nSPS) is 16.4. The lowest BCUT2D eigenvalue weighted by Crippen LogP contribution is -2.40. The zero-order valence-corrected chi connectivity index (χ0v) is 20.5. The van der Waals surface area contributed by atoms with Crippen LogP contribution >= 0.6 is 24.0 Å². The molecule has 1 aromatic carbocycles. The van der Waals surface area contributed by atoms with Crippen molar-refractivity contribution in [3.8, 4) is 11.5 Å². The summed E-state index contributed by atoms with van der Waals surface area (Å²) in [5.41, 5.74) is 1.59. The van der Waals surface area contributed by atoms with E-state index >= 15 is 0 Å². The number of nitrogens with one attached hydrogen (secondary N) is 1. The third kappa shape index (κ3) is 8.04. The van der Waals surface area contributed by atoms with E-state index in [0.717, 1.165) is 49.9 Å². The molecule has 9 heteroatoms. The smallest absolute Gasteiger partial charge is 0.226 e. The first-order valence-electron chi connectivity index (χ1n) is 10.5. The lowest BCUT2D eigenvalue weighted by molar-refractivity contribution is 0.0536. The third-order valence-electron chi connectivity index (χ3n) is 4.98. The quantitative estimate of drug-likeness (QED) is 0.213. The Kier molecular flexibility index (Phi) is 11.2. The minimum atomic E-state index is -0.276. The predicted molar refractivity (Wildman–Crippen MR) is 129 cm³/mol. The summed E-state index contributed by atoms with van der Waals surface area (Å²) in [6.45, 7) is 7.45. The second kappa shape index (κ2) is 13.6. The predicted octanol–water partition coefficient (Wildman–Crippen LogP) is 3.59. The standard InChI is InChI=1S/C22H31FN4O3.HI/c1-3-24-22(27-11-9-17(14-27)15-29-13-12-28-2)25-10-8-20-16-30-21(26-20)18-4-6-19(23)7-5-18;/h4-7,16-17H,3,8-15H2,1-2H3,(H,24,25);1H. The molecule has 2 aromatic rings. The van der Waals surface area contributed by atoms with E-state index in [-0.39, 0.29) is 29.8 Å². The van der Waals surface area contributed by atoms with E-state index in [4.69, 9.17) is 18.9 Å². The average Bonchev–Trinajstić information content (AvgIpc) is 3.41. The number of hydrogen-bond donors (Lipinski definition) is 1. The van der Waals surface area contributed by atoms with Gasteiger partial charge in [0.2, 0.25) is 5.89 Å². The Hall–Kier alpha value is -1.72. The summed E-state index contributed by atoms with van der Waals surface area (Å²) in [4.78, 5) is 11.6. The lowest BCUT2D eigenvalue weighted by atomic mass is 10.1. The van der Waals surface area contributed by atoms with Gasteiger partial charge in [-0.15, -0.1) is 24.0 Å². The van der Waals surface area contributed by atoms with Gasteiger partial charge in [0.25, 0.3) is 0 Å². The van der Waals surface area contributed by atoms with Gasteiger partial charge in [0.15, 0.2) is 5.96 Å². The van der Waals surface area contributed by atoms with Crippen molar-refractivity contribution in [3.63, 3.8) is 0 Å². The Morgan fingerprint density at radius 1 is 1.32 bits per heavy atom. The minimum Gasteiger partial charge on any atom is -0.444 e. The third-order valence-corrected chi connectivity index (χ3v) is 4.98. The monoisotopic (exact) mass is 546 g/mol. The van der Waals surface area contributed by atoms with Gasteiger partial charge in [-0.2, -0.15) is 0 Å². The summed E-state index contributed by atoms with van der Waals surface area (Å²) in [5.74, 6) is 1.66. The molecule has 172 valence electrons. The van der Waals surface area contributed by atoms with Crippen LogP contribution in [0.3, 0.4) is 0 Å². The highest BCUT2D eigenvalue weighted by molar-refractivity contribution is 14.0. The molecule has 1 aliphatic rings. The van der Waals surface area contributed by atoms with Crippen LogP contribution in [0, 0.1) is 11.7 Å². The van der Waals surface area contributed by atoms with Crippen LogP contribution in [0.15, 0.2) is 39.9 Å². The van der Waals surface area contributed by atoms with E-state index < -0.39 is 0 Å². The Morgan fingerprint density at radius 2 is 2.13 bits per heavy atom. The van der Waals surface area contributed by atoms with Gasteiger partial charge in [-0.25, -0.2) is 9.37 Å². The van der Waals surface area contributed by atoms with Crippen molar-refractivity contribution >= 4 is 29.9 Å². The highest BCUT2D eigenvalue weighted by Crippen LogP contribution is 2.19. The first kappa shape index (κ1) is 25.5. The van der Waals surface area contributed by atoms with E-state index in [0.29, 0.717) is 38.0 Å². The lowest BCUT2D eigenvalue weighted by Gasteiger charge is -2.21. The van der Waals surface area contributed by atoms with E-state index in [1.165, 1.54) is 12.1 Å². The van der Waals surface area contributed by atoms with Gasteiger partial charge in [-0.3, -0.25) is 4.99 Å². The maximum absolute atomic E-state index is 13.1. The van der Waals surface area contributed by atoms with Gasteiger partial charge in [-0.05, 0) is 37.6 Å². The summed E-state index contributed by atoms with van der Waals surface area (Å²) in [6, 6.07) is 6.13. The molecule has 31 heavy (non-hydrogen) atoms. The molecule has 0 radical (unpaired) electrons. The molecule has 7 nitrogen and oxygen atoms in total. The fraction of sp³-hybridized carbons (Fsp3) is 0.545. The zero-order chi connectivity index (χ0) is 21.2. The molecule has 1 unspecified atom stereocenters. The van der Waals surface area contributed by atoms with Crippen molar-refractivity contribution in [2.24, 2.45) is 10.9 Å². The van der Waals surface area contributed by atoms with Crippen molar-refractivity contribution in [3.05, 3.63) is 42.0 Å². The van der Waals surface area contributed by atoms with Gasteiger partial charge in [0, 0.05) is 51.2 Å². The average molecular weight is 546 g/mol. The summed E-state index contributed by atoms with van der Waals surface area (Å²) < 4.78 is 29.3. The molecule has 0 spiro atoms. The van der Waals surface area contributed by atoms with Crippen molar-refractivity contribution < 1.29 is 18.3 Å². The SMILES string of the molecule is CCNC(=NCCc1coc(-c2ccc(F)cc2)n1)N1CCC(COCCOC)C1.I. The number of hydrogen-bond acceptors (Lipinski definition) is 5. The molecule has 3 rings (SSSR count). The molecule has 1 saturated heterocycles. The number of likely N-dealkylation sites (tertiary alicyclic amines) is 1. The Morgan fingerprint density at radius 3 is 2.87 bits per heavy atom. The van der Waals surface area contributed by atoms with Gasteiger partial charge in [0.05, 0.1) is 25.5 Å². The van der Waals surface area contributed by atoms with Crippen molar-refractivity contribution in [2.75, 3.05) is 53.1 Å². The molecule has 0 aliphatic carbocycles. The van der Waals surface area contributed by atoms with E-state index in [1.807, 2.05) is 0 Å². The topological polar surface area (TPSA) is 72.1 Å². The van der Waals surface area contributed by atoms with Crippen LogP contribution < -0.4 is 5.32 Å². The first-order chi connectivity index (χ1) is 14.7. The fourth-order valence-electron chi connectivity index (χ4n) is 3.40.